The highest BCUT2D eigenvalue weighted by molar-refractivity contribution is 5.80. The van der Waals surface area contributed by atoms with E-state index in [2.05, 4.69) is 15.6 Å². The fourth-order valence-corrected chi connectivity index (χ4v) is 3.37. The normalized spacial score (nSPS) is 25.0. The third kappa shape index (κ3) is 7.43. The number of likely N-dealkylation sites (tertiary alicyclic amines) is 2. The highest BCUT2D eigenvalue weighted by atomic mass is 19.4. The van der Waals surface area contributed by atoms with Crippen molar-refractivity contribution in [1.82, 2.24) is 20.4 Å². The van der Waals surface area contributed by atoms with Crippen molar-refractivity contribution in [3.63, 3.8) is 0 Å². The Morgan fingerprint density at radius 2 is 1.74 bits per heavy atom. The van der Waals surface area contributed by atoms with Gasteiger partial charge in [0, 0.05) is 39.3 Å². The van der Waals surface area contributed by atoms with E-state index in [-0.39, 0.29) is 12.1 Å². The number of amides is 1. The third-order valence-corrected chi connectivity index (χ3v) is 4.43. The van der Waals surface area contributed by atoms with Gasteiger partial charge in [-0.1, -0.05) is 0 Å². The first-order valence-corrected chi connectivity index (χ1v) is 9.22. The van der Waals surface area contributed by atoms with Gasteiger partial charge in [-0.2, -0.15) is 13.2 Å². The van der Waals surface area contributed by atoms with Crippen LogP contribution in [0.5, 0.6) is 0 Å². The number of nitrogens with zero attached hydrogens (tertiary/aromatic N) is 3. The number of carbonyl (C=O) groups is 1. The molecule has 156 valence electrons. The molecule has 0 aromatic rings. The summed E-state index contributed by atoms with van der Waals surface area (Å²) in [5, 5.41) is 6.11. The van der Waals surface area contributed by atoms with Crippen molar-refractivity contribution >= 4 is 12.1 Å². The van der Waals surface area contributed by atoms with Gasteiger partial charge in [0.2, 0.25) is 0 Å². The van der Waals surface area contributed by atoms with Gasteiger partial charge in [0.05, 0.1) is 12.6 Å². The van der Waals surface area contributed by atoms with E-state index in [1.807, 2.05) is 25.7 Å². The zero-order valence-corrected chi connectivity index (χ0v) is 16.4. The summed E-state index contributed by atoms with van der Waals surface area (Å²) >= 11 is 0. The first-order valence-electron chi connectivity index (χ1n) is 9.22. The molecule has 2 aliphatic rings. The lowest BCUT2D eigenvalue weighted by molar-refractivity contribution is -0.143. The van der Waals surface area contributed by atoms with Crippen LogP contribution in [0.15, 0.2) is 4.99 Å². The molecule has 2 fully saturated rings. The average molecular weight is 393 g/mol. The number of guanidine groups is 1. The molecule has 2 aliphatic heterocycles. The topological polar surface area (TPSA) is 69.2 Å². The quantitative estimate of drug-likeness (QED) is 0.565. The molecule has 27 heavy (non-hydrogen) atoms. The molecular formula is C17H30F3N5O2. The molecule has 2 heterocycles. The summed E-state index contributed by atoms with van der Waals surface area (Å²) in [5.41, 5.74) is -0.551. The van der Waals surface area contributed by atoms with Crippen molar-refractivity contribution in [1.29, 1.82) is 0 Å². The van der Waals surface area contributed by atoms with Gasteiger partial charge < -0.3 is 20.3 Å². The maximum atomic E-state index is 12.5. The van der Waals surface area contributed by atoms with Gasteiger partial charge >= 0.3 is 12.3 Å². The first-order chi connectivity index (χ1) is 12.4. The predicted octanol–water partition coefficient (Wildman–Crippen LogP) is 1.80. The highest BCUT2D eigenvalue weighted by Gasteiger charge is 2.35. The van der Waals surface area contributed by atoms with E-state index in [0.29, 0.717) is 38.6 Å². The molecular weight excluding hydrogens is 363 g/mol. The van der Waals surface area contributed by atoms with Crippen molar-refractivity contribution in [3.05, 3.63) is 0 Å². The second-order valence-corrected chi connectivity index (χ2v) is 8.11. The van der Waals surface area contributed by atoms with Gasteiger partial charge in [-0.05, 0) is 33.6 Å². The second-order valence-electron chi connectivity index (χ2n) is 8.11. The van der Waals surface area contributed by atoms with Crippen LogP contribution in [0.25, 0.3) is 0 Å². The molecule has 0 bridgehead atoms. The largest absolute Gasteiger partial charge is 0.444 e. The molecule has 7 nitrogen and oxygen atoms in total. The average Bonchev–Trinajstić information content (AvgIpc) is 3.10. The molecule has 0 spiro atoms. The molecule has 0 radical (unpaired) electrons. The smallest absolute Gasteiger partial charge is 0.407 e. The minimum Gasteiger partial charge on any atom is -0.444 e. The molecule has 0 aromatic carbocycles. The molecule has 2 rings (SSSR count). The second kappa shape index (κ2) is 8.53. The summed E-state index contributed by atoms with van der Waals surface area (Å²) in [4.78, 5) is 19.6. The summed E-state index contributed by atoms with van der Waals surface area (Å²) in [5.74, 6) is 0.655. The molecule has 2 N–H and O–H groups in total. The highest BCUT2D eigenvalue weighted by Crippen LogP contribution is 2.20. The van der Waals surface area contributed by atoms with Gasteiger partial charge in [0.15, 0.2) is 5.96 Å². The Morgan fingerprint density at radius 3 is 2.33 bits per heavy atom. The Labute approximate surface area is 158 Å². The van der Waals surface area contributed by atoms with Crippen LogP contribution in [0.2, 0.25) is 0 Å². The van der Waals surface area contributed by atoms with E-state index in [1.54, 1.807) is 7.05 Å². The molecule has 2 saturated heterocycles. The van der Waals surface area contributed by atoms with Gasteiger partial charge in [0.1, 0.15) is 5.60 Å². The van der Waals surface area contributed by atoms with Crippen molar-refractivity contribution < 1.29 is 22.7 Å². The molecule has 10 heteroatoms. The van der Waals surface area contributed by atoms with Crippen molar-refractivity contribution in [2.75, 3.05) is 39.8 Å². The Morgan fingerprint density at radius 1 is 1.11 bits per heavy atom. The minimum atomic E-state index is -4.17. The van der Waals surface area contributed by atoms with Crippen LogP contribution in [0.1, 0.15) is 33.6 Å². The van der Waals surface area contributed by atoms with Crippen molar-refractivity contribution in [2.24, 2.45) is 4.99 Å². The van der Waals surface area contributed by atoms with E-state index in [1.165, 1.54) is 4.90 Å². The third-order valence-electron chi connectivity index (χ3n) is 4.43. The van der Waals surface area contributed by atoms with Crippen LogP contribution >= 0.6 is 0 Å². The molecule has 1 amide bonds. The zero-order valence-electron chi connectivity index (χ0n) is 16.4. The number of aliphatic imine (C=N–C) groups is 1. The monoisotopic (exact) mass is 393 g/mol. The van der Waals surface area contributed by atoms with Gasteiger partial charge in [0.25, 0.3) is 0 Å². The lowest BCUT2D eigenvalue weighted by Crippen LogP contribution is -2.48. The van der Waals surface area contributed by atoms with Crippen molar-refractivity contribution in [3.8, 4) is 0 Å². The van der Waals surface area contributed by atoms with Gasteiger partial charge in [-0.3, -0.25) is 9.89 Å². The van der Waals surface area contributed by atoms with Crippen LogP contribution in [0.4, 0.5) is 18.0 Å². The summed E-state index contributed by atoms with van der Waals surface area (Å²) in [6.07, 6.45) is -3.23. The molecule has 2 unspecified atom stereocenters. The Hall–Kier alpha value is -1.71. The number of halogens is 3. The lowest BCUT2D eigenvalue weighted by atomic mass is 10.2. The van der Waals surface area contributed by atoms with Crippen LogP contribution in [-0.2, 0) is 4.74 Å². The fourth-order valence-electron chi connectivity index (χ4n) is 3.37. The van der Waals surface area contributed by atoms with Crippen LogP contribution < -0.4 is 10.6 Å². The summed E-state index contributed by atoms with van der Waals surface area (Å²) < 4.78 is 42.8. The number of alkyl carbamates (subject to hydrolysis) is 1. The van der Waals surface area contributed by atoms with Gasteiger partial charge in [-0.15, -0.1) is 0 Å². The Kier molecular flexibility index (Phi) is 6.82. The van der Waals surface area contributed by atoms with Crippen LogP contribution in [0.3, 0.4) is 0 Å². The number of alkyl halides is 3. The number of carbonyl (C=O) groups excluding carboxylic acids is 1. The first kappa shape index (κ1) is 21.6. The Balaban J connectivity index is 1.79. The lowest BCUT2D eigenvalue weighted by Gasteiger charge is -2.25. The maximum absolute atomic E-state index is 12.5. The minimum absolute atomic E-state index is 0.0521. The number of ether oxygens (including phenoxy) is 1. The van der Waals surface area contributed by atoms with E-state index >= 15 is 0 Å². The molecule has 2 atom stereocenters. The summed E-state index contributed by atoms with van der Waals surface area (Å²) in [6.45, 7) is 6.59. The standard InChI is InChI=1S/C17H30F3N5O2/c1-16(2,3)27-15(26)23-13-6-8-25(10-13)14(21-4)22-12-5-7-24(9-12)11-17(18,19)20/h12-13H,5-11H2,1-4H3,(H,21,22)(H,23,26). The SMILES string of the molecule is CN=C(NC1CCN(CC(F)(F)F)C1)N1CCC(NC(=O)OC(C)(C)C)C1. The van der Waals surface area contributed by atoms with Crippen LogP contribution in [-0.4, -0.2) is 85.5 Å². The van der Waals surface area contributed by atoms with Crippen molar-refractivity contribution in [2.45, 2.75) is 57.5 Å². The van der Waals surface area contributed by atoms with E-state index in [4.69, 9.17) is 4.74 Å². The fraction of sp³-hybridized carbons (Fsp3) is 0.882. The maximum Gasteiger partial charge on any atom is 0.407 e. The van der Waals surface area contributed by atoms with Crippen LogP contribution in [0, 0.1) is 0 Å². The number of rotatable bonds is 3. The van der Waals surface area contributed by atoms with E-state index in [0.717, 1.165) is 6.42 Å². The molecule has 0 aromatic heterocycles. The number of nitrogens with one attached hydrogen (secondary N) is 2. The predicted molar refractivity (Wildman–Crippen MR) is 96.7 cm³/mol. The molecule has 0 aliphatic carbocycles. The summed E-state index contributed by atoms with van der Waals surface area (Å²) in [6, 6.07) is -0.118. The summed E-state index contributed by atoms with van der Waals surface area (Å²) in [7, 11) is 1.65. The van der Waals surface area contributed by atoms with Gasteiger partial charge in [-0.25, -0.2) is 4.79 Å². The number of hydrogen-bond acceptors (Lipinski definition) is 4. The Bertz CT molecular complexity index is 548. The number of hydrogen-bond donors (Lipinski definition) is 2. The molecule has 0 saturated carbocycles. The zero-order chi connectivity index (χ0) is 20.2. The van der Waals surface area contributed by atoms with E-state index in [9.17, 15) is 18.0 Å². The van der Waals surface area contributed by atoms with E-state index < -0.39 is 24.4 Å².